The second-order valence-electron chi connectivity index (χ2n) is 6.96. The first-order valence-electron chi connectivity index (χ1n) is 9.27. The number of hydrogen-bond acceptors (Lipinski definition) is 5. The first-order valence-corrected chi connectivity index (χ1v) is 11.3. The van der Waals surface area contributed by atoms with Crippen LogP contribution >= 0.6 is 11.6 Å². The number of carbonyl (C=O) groups excluding carboxylic acids is 1. The molecule has 3 N–H and O–H groups in total. The molecule has 0 aliphatic rings. The molecule has 2 heterocycles. The maximum atomic E-state index is 12.8. The normalized spacial score (nSPS) is 12.5. The van der Waals surface area contributed by atoms with Crippen LogP contribution in [0.3, 0.4) is 0 Å². The largest absolute Gasteiger partial charge is 0.395 e. The summed E-state index contributed by atoms with van der Waals surface area (Å²) in [4.78, 5) is 20.4. The number of aromatic amines is 1. The fourth-order valence-electron chi connectivity index (χ4n) is 3.03. The van der Waals surface area contributed by atoms with Gasteiger partial charge >= 0.3 is 0 Å². The first-order chi connectivity index (χ1) is 14.2. The lowest BCUT2D eigenvalue weighted by atomic mass is 10.0. The molecule has 0 aliphatic heterocycles. The maximum absolute atomic E-state index is 12.8. The van der Waals surface area contributed by atoms with Crippen molar-refractivity contribution in [2.24, 2.45) is 0 Å². The number of sulfonamides is 1. The highest BCUT2D eigenvalue weighted by Gasteiger charge is 2.19. The van der Waals surface area contributed by atoms with Crippen LogP contribution < -0.4 is 4.72 Å². The second kappa shape index (κ2) is 8.99. The van der Waals surface area contributed by atoms with Gasteiger partial charge in [-0.2, -0.15) is 0 Å². The number of hydrogen-bond donors (Lipinski definition) is 3. The summed E-state index contributed by atoms with van der Waals surface area (Å²) in [6.45, 7) is 3.35. The molecule has 1 atom stereocenters. The summed E-state index contributed by atoms with van der Waals surface area (Å²) in [5, 5.41) is 9.37. The zero-order valence-corrected chi connectivity index (χ0v) is 18.1. The summed E-state index contributed by atoms with van der Waals surface area (Å²) >= 11 is 5.89. The van der Waals surface area contributed by atoms with E-state index in [1.807, 2.05) is 19.9 Å². The number of aryl methyl sites for hydroxylation is 1. The van der Waals surface area contributed by atoms with Gasteiger partial charge in [-0.3, -0.25) is 14.5 Å². The van der Waals surface area contributed by atoms with Crippen molar-refractivity contribution in [3.8, 4) is 0 Å². The smallest absolute Gasteiger partial charge is 0.235 e. The number of rotatable bonds is 8. The molecular formula is C21H22ClN3O4S. The Bertz CT molecular complexity index is 1140. The Kier molecular flexibility index (Phi) is 6.60. The molecule has 0 amide bonds. The summed E-state index contributed by atoms with van der Waals surface area (Å²) < 4.78 is 25.8. The molecule has 7 nitrogen and oxygen atoms in total. The number of nitrogens with one attached hydrogen (secondary N) is 2. The van der Waals surface area contributed by atoms with Crippen molar-refractivity contribution in [2.45, 2.75) is 19.8 Å². The van der Waals surface area contributed by atoms with Gasteiger partial charge in [0.05, 0.1) is 29.9 Å². The van der Waals surface area contributed by atoms with Crippen molar-refractivity contribution in [1.82, 2.24) is 9.97 Å². The number of aromatic nitrogens is 2. The monoisotopic (exact) mass is 447 g/mol. The minimum absolute atomic E-state index is 0.121. The number of pyridine rings is 1. The molecule has 1 aromatic carbocycles. The Balaban J connectivity index is 1.79. The number of benzene rings is 1. The van der Waals surface area contributed by atoms with Crippen LogP contribution in [0.25, 0.3) is 0 Å². The number of ketones is 1. The van der Waals surface area contributed by atoms with Gasteiger partial charge in [0, 0.05) is 27.9 Å². The SMILES string of the molecule is Cc1cc(C(C)c2ccc(NS(=O)(=O)CCO)cn2)[nH]c1C(=O)c1ccc(Cl)cc1. The van der Waals surface area contributed by atoms with Gasteiger partial charge in [-0.15, -0.1) is 0 Å². The summed E-state index contributed by atoms with van der Waals surface area (Å²) in [5.74, 6) is -0.639. The van der Waals surface area contributed by atoms with E-state index in [0.29, 0.717) is 27.7 Å². The zero-order valence-electron chi connectivity index (χ0n) is 16.5. The van der Waals surface area contributed by atoms with Crippen molar-refractivity contribution in [1.29, 1.82) is 0 Å². The zero-order chi connectivity index (χ0) is 21.9. The number of nitrogens with zero attached hydrogens (tertiary/aromatic N) is 1. The van der Waals surface area contributed by atoms with E-state index < -0.39 is 16.6 Å². The standard InChI is InChI=1S/C21H22ClN3O4S/c1-13-11-19(24-20(13)21(27)15-3-5-16(22)6-4-15)14(2)18-8-7-17(12-23-18)25-30(28,29)10-9-26/h3-8,11-12,14,24-26H,9-10H2,1-2H3. The van der Waals surface area contributed by atoms with Gasteiger partial charge in [-0.05, 0) is 55.0 Å². The molecule has 30 heavy (non-hydrogen) atoms. The summed E-state index contributed by atoms with van der Waals surface area (Å²) in [6.07, 6.45) is 1.43. The van der Waals surface area contributed by atoms with Gasteiger partial charge in [0.1, 0.15) is 0 Å². The van der Waals surface area contributed by atoms with Crippen LogP contribution in [0, 0.1) is 6.92 Å². The van der Waals surface area contributed by atoms with E-state index in [-0.39, 0.29) is 17.5 Å². The molecule has 1 unspecified atom stereocenters. The van der Waals surface area contributed by atoms with Gasteiger partial charge < -0.3 is 10.1 Å². The molecule has 0 saturated carbocycles. The van der Waals surface area contributed by atoms with Crippen LogP contribution in [0.5, 0.6) is 0 Å². The van der Waals surface area contributed by atoms with Crippen LogP contribution in [0.15, 0.2) is 48.7 Å². The predicted octanol–water partition coefficient (Wildman–Crippen LogP) is 3.49. The van der Waals surface area contributed by atoms with E-state index in [9.17, 15) is 13.2 Å². The van der Waals surface area contributed by atoms with Crippen molar-refractivity contribution < 1.29 is 18.3 Å². The molecule has 3 rings (SSSR count). The number of aliphatic hydroxyl groups excluding tert-OH is 1. The minimum Gasteiger partial charge on any atom is -0.395 e. The average Bonchev–Trinajstić information content (AvgIpc) is 3.09. The number of carbonyl (C=O) groups is 1. The van der Waals surface area contributed by atoms with Gasteiger partial charge in [-0.25, -0.2) is 8.42 Å². The highest BCUT2D eigenvalue weighted by atomic mass is 35.5. The molecule has 0 radical (unpaired) electrons. The molecule has 0 spiro atoms. The number of aliphatic hydroxyl groups is 1. The van der Waals surface area contributed by atoms with Crippen molar-refractivity contribution in [3.05, 3.63) is 81.9 Å². The molecule has 0 saturated heterocycles. The van der Waals surface area contributed by atoms with E-state index in [2.05, 4.69) is 14.7 Å². The van der Waals surface area contributed by atoms with Crippen LogP contribution in [0.4, 0.5) is 5.69 Å². The lowest BCUT2D eigenvalue weighted by molar-refractivity contribution is 0.103. The quantitative estimate of drug-likeness (QED) is 0.457. The predicted molar refractivity (Wildman–Crippen MR) is 117 cm³/mol. The fourth-order valence-corrected chi connectivity index (χ4v) is 3.98. The van der Waals surface area contributed by atoms with Gasteiger partial charge in [0.15, 0.2) is 0 Å². The Labute approximate surface area is 180 Å². The molecule has 0 bridgehead atoms. The van der Waals surface area contributed by atoms with Crippen molar-refractivity contribution >= 4 is 33.1 Å². The molecule has 0 fully saturated rings. The molecule has 2 aromatic heterocycles. The highest BCUT2D eigenvalue weighted by Crippen LogP contribution is 2.26. The number of anilines is 1. The molecule has 9 heteroatoms. The topological polar surface area (TPSA) is 112 Å². The minimum atomic E-state index is -3.60. The lowest BCUT2D eigenvalue weighted by Gasteiger charge is -2.11. The van der Waals surface area contributed by atoms with Crippen LogP contribution in [-0.4, -0.2) is 41.6 Å². The summed E-state index contributed by atoms with van der Waals surface area (Å²) in [5.41, 5.74) is 3.73. The van der Waals surface area contributed by atoms with E-state index in [4.69, 9.17) is 16.7 Å². The Morgan fingerprint density at radius 3 is 2.53 bits per heavy atom. The summed E-state index contributed by atoms with van der Waals surface area (Å²) in [6, 6.07) is 12.0. The first kappa shape index (κ1) is 22.0. The third-order valence-electron chi connectivity index (χ3n) is 4.70. The third-order valence-corrected chi connectivity index (χ3v) is 6.22. The maximum Gasteiger partial charge on any atom is 0.235 e. The fraction of sp³-hybridized carbons (Fsp3) is 0.238. The Morgan fingerprint density at radius 2 is 1.93 bits per heavy atom. The molecular weight excluding hydrogens is 426 g/mol. The second-order valence-corrected chi connectivity index (χ2v) is 9.23. The van der Waals surface area contributed by atoms with Crippen LogP contribution in [0.1, 0.15) is 45.8 Å². The highest BCUT2D eigenvalue weighted by molar-refractivity contribution is 7.92. The third kappa shape index (κ3) is 5.08. The number of halogens is 1. The molecule has 0 aliphatic carbocycles. The van der Waals surface area contributed by atoms with Crippen molar-refractivity contribution in [2.75, 3.05) is 17.1 Å². The summed E-state index contributed by atoms with van der Waals surface area (Å²) in [7, 11) is -3.60. The Hall–Kier alpha value is -2.68. The van der Waals surface area contributed by atoms with Gasteiger partial charge in [0.25, 0.3) is 0 Å². The van der Waals surface area contributed by atoms with E-state index >= 15 is 0 Å². The molecule has 158 valence electrons. The lowest BCUT2D eigenvalue weighted by Crippen LogP contribution is -2.19. The van der Waals surface area contributed by atoms with E-state index in [1.54, 1.807) is 36.4 Å². The molecule has 3 aromatic rings. The van der Waals surface area contributed by atoms with E-state index in [1.165, 1.54) is 6.20 Å². The average molecular weight is 448 g/mol. The van der Waals surface area contributed by atoms with Crippen LogP contribution in [0.2, 0.25) is 5.02 Å². The Morgan fingerprint density at radius 1 is 1.23 bits per heavy atom. The van der Waals surface area contributed by atoms with E-state index in [0.717, 1.165) is 11.3 Å². The van der Waals surface area contributed by atoms with Crippen LogP contribution in [-0.2, 0) is 10.0 Å². The number of H-pyrrole nitrogens is 1. The van der Waals surface area contributed by atoms with Gasteiger partial charge in [-0.1, -0.05) is 18.5 Å². The van der Waals surface area contributed by atoms with Gasteiger partial charge in [0.2, 0.25) is 15.8 Å². The van der Waals surface area contributed by atoms with Crippen molar-refractivity contribution in [3.63, 3.8) is 0 Å².